The standard InChI is InChI=1S/C50H41Cl2N3O6/c51-42-19-10-34(22-43(42)52)30-60-41-17-15-37(16-18-41)48-46(56)26-39-24-38-25-45(55(29-40(38)27-47(39)61-48)21-20-31-4-2-1-3-5-31)49(57)54-44(50(58)59)23-32-6-11-35(12-7-32)36-13-8-33(28-53)9-14-36/h1-19,22,24,27,44-45,48H,20-21,23,25-26,29-30H2,(H,54,57)(H,58,59)/t44-,45-,48?/m0/s1. The van der Waals surface area contributed by atoms with Crippen molar-refractivity contribution in [3.63, 3.8) is 0 Å². The van der Waals surface area contributed by atoms with Crippen LogP contribution in [0.2, 0.25) is 10.0 Å². The number of ketones is 1. The van der Waals surface area contributed by atoms with Gasteiger partial charge in [-0.25, -0.2) is 4.79 Å². The Morgan fingerprint density at radius 3 is 2.21 bits per heavy atom. The van der Waals surface area contributed by atoms with Gasteiger partial charge in [-0.15, -0.1) is 0 Å². The van der Waals surface area contributed by atoms with Gasteiger partial charge in [-0.3, -0.25) is 14.5 Å². The number of nitrogens with zero attached hydrogens (tertiary/aromatic N) is 2. The third kappa shape index (κ3) is 9.80. The van der Waals surface area contributed by atoms with E-state index in [1.807, 2.05) is 97.1 Å². The molecule has 2 N–H and O–H groups in total. The van der Waals surface area contributed by atoms with Gasteiger partial charge < -0.3 is 19.9 Å². The number of nitriles is 1. The molecule has 0 fully saturated rings. The molecule has 6 aromatic rings. The molecule has 0 bridgehead atoms. The molecule has 2 aliphatic rings. The van der Waals surface area contributed by atoms with Gasteiger partial charge in [0.15, 0.2) is 11.9 Å². The van der Waals surface area contributed by atoms with Gasteiger partial charge in [-0.05, 0) is 94.3 Å². The highest BCUT2D eigenvalue weighted by Gasteiger charge is 2.36. The third-order valence-corrected chi connectivity index (χ3v) is 12.0. The highest BCUT2D eigenvalue weighted by atomic mass is 35.5. The quantitative estimate of drug-likeness (QED) is 0.118. The minimum absolute atomic E-state index is 0.0826. The van der Waals surface area contributed by atoms with E-state index in [2.05, 4.69) is 28.4 Å². The maximum absolute atomic E-state index is 14.2. The van der Waals surface area contributed by atoms with Gasteiger partial charge in [0.2, 0.25) is 5.91 Å². The molecule has 0 aliphatic carbocycles. The number of hydrogen-bond acceptors (Lipinski definition) is 7. The highest BCUT2D eigenvalue weighted by Crippen LogP contribution is 2.38. The van der Waals surface area contributed by atoms with Crippen LogP contribution in [0.1, 0.15) is 50.6 Å². The van der Waals surface area contributed by atoms with E-state index in [1.165, 1.54) is 0 Å². The number of fused-ring (bicyclic) bond motifs is 2. The molecule has 3 atom stereocenters. The fourth-order valence-corrected chi connectivity index (χ4v) is 8.24. The Labute approximate surface area is 364 Å². The summed E-state index contributed by atoms with van der Waals surface area (Å²) in [5, 5.41) is 23.2. The lowest BCUT2D eigenvalue weighted by atomic mass is 9.88. The molecule has 0 radical (unpaired) electrons. The molecule has 2 aliphatic heterocycles. The number of hydrogen-bond donors (Lipinski definition) is 2. The number of halogens is 2. The van der Waals surface area contributed by atoms with E-state index in [-0.39, 0.29) is 24.5 Å². The van der Waals surface area contributed by atoms with Gasteiger partial charge in [0.1, 0.15) is 24.1 Å². The van der Waals surface area contributed by atoms with Gasteiger partial charge in [-0.2, -0.15) is 5.26 Å². The fourth-order valence-electron chi connectivity index (χ4n) is 7.92. The first-order valence-electron chi connectivity index (χ1n) is 20.0. The molecule has 2 heterocycles. The molecule has 61 heavy (non-hydrogen) atoms. The number of carbonyl (C=O) groups excluding carboxylic acids is 2. The molecule has 1 amide bonds. The number of Topliss-reactive ketones (excluding diaryl/α,β-unsaturated/α-hetero) is 1. The lowest BCUT2D eigenvalue weighted by Gasteiger charge is -2.37. The molecule has 306 valence electrons. The Hall–Kier alpha value is -6.44. The topological polar surface area (TPSA) is 129 Å². The zero-order valence-electron chi connectivity index (χ0n) is 33.0. The smallest absolute Gasteiger partial charge is 0.326 e. The predicted octanol–water partition coefficient (Wildman–Crippen LogP) is 9.14. The third-order valence-electron chi connectivity index (χ3n) is 11.3. The number of aliphatic carboxylic acids is 1. The molecule has 0 saturated heterocycles. The van der Waals surface area contributed by atoms with Crippen LogP contribution < -0.4 is 14.8 Å². The Balaban J connectivity index is 0.970. The summed E-state index contributed by atoms with van der Waals surface area (Å²) in [4.78, 5) is 42.4. The summed E-state index contributed by atoms with van der Waals surface area (Å²) >= 11 is 12.2. The van der Waals surface area contributed by atoms with Crippen LogP contribution in [0.4, 0.5) is 0 Å². The predicted molar refractivity (Wildman–Crippen MR) is 234 cm³/mol. The van der Waals surface area contributed by atoms with Gasteiger partial charge >= 0.3 is 5.97 Å². The monoisotopic (exact) mass is 849 g/mol. The Morgan fingerprint density at radius 1 is 0.820 bits per heavy atom. The number of nitrogens with one attached hydrogen (secondary N) is 1. The van der Waals surface area contributed by atoms with Crippen molar-refractivity contribution in [1.82, 2.24) is 10.2 Å². The first kappa shape index (κ1) is 41.3. The van der Waals surface area contributed by atoms with E-state index in [0.717, 1.165) is 44.5 Å². The number of benzene rings is 6. The normalized spacial score (nSPS) is 16.3. The number of ether oxygens (including phenoxy) is 2. The minimum Gasteiger partial charge on any atom is -0.489 e. The minimum atomic E-state index is -1.15. The summed E-state index contributed by atoms with van der Waals surface area (Å²) in [6.07, 6.45) is 0.522. The van der Waals surface area contributed by atoms with Crippen LogP contribution in [0.25, 0.3) is 11.1 Å². The molecule has 1 unspecified atom stereocenters. The summed E-state index contributed by atoms with van der Waals surface area (Å²) in [6.45, 7) is 1.30. The van der Waals surface area contributed by atoms with Crippen molar-refractivity contribution in [1.29, 1.82) is 5.26 Å². The molecule has 0 spiro atoms. The van der Waals surface area contributed by atoms with Crippen molar-refractivity contribution in [2.75, 3.05) is 6.54 Å². The SMILES string of the molecule is N#Cc1ccc(-c2ccc(C[C@H](NC(=O)[C@@H]3Cc4cc5c(cc4CN3CCc3ccccc3)OC(c3ccc(OCc4ccc(Cl)c(Cl)c4)cc3)C(=O)C5)C(=O)O)cc2)cc1. The summed E-state index contributed by atoms with van der Waals surface area (Å²) < 4.78 is 12.4. The molecular weight excluding hydrogens is 809 g/mol. The van der Waals surface area contributed by atoms with Gasteiger partial charge in [0.25, 0.3) is 0 Å². The van der Waals surface area contributed by atoms with Crippen molar-refractivity contribution in [3.8, 4) is 28.7 Å². The summed E-state index contributed by atoms with van der Waals surface area (Å²) in [7, 11) is 0. The zero-order chi connectivity index (χ0) is 42.5. The molecular formula is C50H41Cl2N3O6. The fraction of sp³-hybridized carbons (Fsp3) is 0.200. The van der Waals surface area contributed by atoms with Crippen LogP contribution >= 0.6 is 23.2 Å². The second kappa shape index (κ2) is 18.4. The number of carboxylic acid groups (broad SMARTS) is 1. The van der Waals surface area contributed by atoms with E-state index in [1.54, 1.807) is 24.3 Å². The number of carbonyl (C=O) groups is 3. The van der Waals surface area contributed by atoms with Gasteiger partial charge in [-0.1, -0.05) is 114 Å². The Morgan fingerprint density at radius 2 is 1.52 bits per heavy atom. The average molecular weight is 851 g/mol. The van der Waals surface area contributed by atoms with E-state index in [0.29, 0.717) is 65.2 Å². The maximum atomic E-state index is 14.2. The van der Waals surface area contributed by atoms with Crippen molar-refractivity contribution >= 4 is 40.9 Å². The number of rotatable bonds is 13. The molecule has 8 rings (SSSR count). The molecule has 9 nitrogen and oxygen atoms in total. The first-order valence-corrected chi connectivity index (χ1v) is 20.8. The second-order valence-corrected chi connectivity index (χ2v) is 16.2. The van der Waals surface area contributed by atoms with E-state index < -0.39 is 24.2 Å². The summed E-state index contributed by atoms with van der Waals surface area (Å²) in [5.41, 5.74) is 8.60. The second-order valence-electron chi connectivity index (χ2n) is 15.4. The highest BCUT2D eigenvalue weighted by molar-refractivity contribution is 6.42. The van der Waals surface area contributed by atoms with Crippen LogP contribution in [0.5, 0.6) is 11.5 Å². The van der Waals surface area contributed by atoms with Crippen LogP contribution in [-0.4, -0.2) is 46.3 Å². The van der Waals surface area contributed by atoms with Gasteiger partial charge in [0, 0.05) is 37.1 Å². The molecule has 11 heteroatoms. The van der Waals surface area contributed by atoms with Crippen LogP contribution in [0.15, 0.2) is 133 Å². The van der Waals surface area contributed by atoms with E-state index in [9.17, 15) is 19.5 Å². The maximum Gasteiger partial charge on any atom is 0.326 e. The van der Waals surface area contributed by atoms with Crippen LogP contribution in [0, 0.1) is 11.3 Å². The number of amides is 1. The molecule has 0 aromatic heterocycles. The molecule has 6 aromatic carbocycles. The van der Waals surface area contributed by atoms with Crippen molar-refractivity contribution < 1.29 is 29.0 Å². The van der Waals surface area contributed by atoms with Crippen molar-refractivity contribution in [2.45, 2.75) is 57.0 Å². The summed E-state index contributed by atoms with van der Waals surface area (Å²) in [5.74, 6) is -0.312. The average Bonchev–Trinajstić information content (AvgIpc) is 3.28. The molecule has 0 saturated carbocycles. The lowest BCUT2D eigenvalue weighted by Crippen LogP contribution is -2.54. The Kier molecular flexibility index (Phi) is 12.5. The summed E-state index contributed by atoms with van der Waals surface area (Å²) in [6, 6.07) is 41.8. The van der Waals surface area contributed by atoms with Crippen molar-refractivity contribution in [2.24, 2.45) is 0 Å². The van der Waals surface area contributed by atoms with Gasteiger partial charge in [0.05, 0.1) is 27.7 Å². The largest absolute Gasteiger partial charge is 0.489 e. The van der Waals surface area contributed by atoms with Crippen LogP contribution in [0.3, 0.4) is 0 Å². The van der Waals surface area contributed by atoms with Crippen molar-refractivity contribution in [3.05, 3.63) is 188 Å². The first-order chi connectivity index (χ1) is 29.6. The zero-order valence-corrected chi connectivity index (χ0v) is 34.5. The van der Waals surface area contributed by atoms with Crippen LogP contribution in [-0.2, 0) is 53.2 Å². The lowest BCUT2D eigenvalue weighted by molar-refractivity contribution is -0.142. The van der Waals surface area contributed by atoms with E-state index in [4.69, 9.17) is 37.9 Å². The number of carboxylic acids is 1. The van der Waals surface area contributed by atoms with E-state index >= 15 is 0 Å². The Bertz CT molecular complexity index is 2610.